The maximum Gasteiger partial charge on any atom is 0.220 e. The van der Waals surface area contributed by atoms with Crippen molar-refractivity contribution in [3.63, 3.8) is 0 Å². The van der Waals surface area contributed by atoms with Gasteiger partial charge in [-0.15, -0.1) is 0 Å². The van der Waals surface area contributed by atoms with Crippen LogP contribution in [0.2, 0.25) is 0 Å². The van der Waals surface area contributed by atoms with E-state index in [2.05, 4.69) is 55.6 Å². The molecule has 3 heterocycles. The van der Waals surface area contributed by atoms with Gasteiger partial charge in [-0.2, -0.15) is 0 Å². The first-order valence-corrected chi connectivity index (χ1v) is 31.4. The van der Waals surface area contributed by atoms with Gasteiger partial charge in [0.05, 0.1) is 38.6 Å². The number of rotatable bonds is 46. The van der Waals surface area contributed by atoms with Gasteiger partial charge in [0.25, 0.3) is 0 Å². The van der Waals surface area contributed by atoms with Crippen LogP contribution in [0.25, 0.3) is 0 Å². The van der Waals surface area contributed by atoms with E-state index in [9.17, 15) is 61.0 Å². The van der Waals surface area contributed by atoms with E-state index in [1.165, 1.54) is 96.3 Å². The fourth-order valence-corrected chi connectivity index (χ4v) is 10.4. The number of allylic oxidation sites excluding steroid dienone is 7. The SMILES string of the molecule is CCCCCC/C=C\C/C=C\CCCCCCCCCC(=O)NC(COC1OC(CO)C(OC2OC(CO)C(OC3OC(CO)C(O)C(O)C3O)C(O)C2O)C(O)C1O)C(O)/C=C/CC/C=C/CCCCCCCCCCCCCC. The van der Waals surface area contributed by atoms with Gasteiger partial charge in [-0.05, 0) is 64.2 Å². The number of amides is 1. The lowest BCUT2D eigenvalue weighted by Gasteiger charge is -2.48. The Morgan fingerprint density at radius 1 is 0.444 bits per heavy atom. The van der Waals surface area contributed by atoms with Crippen molar-refractivity contribution in [2.75, 3.05) is 26.4 Å². The number of carbonyl (C=O) groups is 1. The third kappa shape index (κ3) is 28.7. The molecular formula is C62H111NO18. The maximum atomic E-state index is 13.3. The van der Waals surface area contributed by atoms with Crippen molar-refractivity contribution in [2.24, 2.45) is 0 Å². The Bertz CT molecular complexity index is 1670. The van der Waals surface area contributed by atoms with Crippen LogP contribution in [0.3, 0.4) is 0 Å². The molecule has 81 heavy (non-hydrogen) atoms. The summed E-state index contributed by atoms with van der Waals surface area (Å²) in [6.45, 7) is 1.68. The Labute approximate surface area is 484 Å². The molecule has 3 fully saturated rings. The van der Waals surface area contributed by atoms with Crippen LogP contribution in [0, 0.1) is 0 Å². The largest absolute Gasteiger partial charge is 0.394 e. The lowest BCUT2D eigenvalue weighted by molar-refractivity contribution is -0.379. The Morgan fingerprint density at radius 3 is 1.32 bits per heavy atom. The summed E-state index contributed by atoms with van der Waals surface area (Å²) < 4.78 is 34.2. The maximum absolute atomic E-state index is 13.3. The molecule has 0 aliphatic carbocycles. The van der Waals surface area contributed by atoms with E-state index in [-0.39, 0.29) is 18.9 Å². The van der Waals surface area contributed by atoms with E-state index in [1.807, 2.05) is 6.08 Å². The lowest BCUT2D eigenvalue weighted by atomic mass is 9.96. The van der Waals surface area contributed by atoms with Crippen LogP contribution in [0.4, 0.5) is 0 Å². The zero-order valence-electron chi connectivity index (χ0n) is 49.3. The van der Waals surface area contributed by atoms with Crippen LogP contribution in [0.15, 0.2) is 48.6 Å². The van der Waals surface area contributed by atoms with Crippen LogP contribution in [0.5, 0.6) is 0 Å². The van der Waals surface area contributed by atoms with Gasteiger partial charge in [0.2, 0.25) is 5.91 Å². The van der Waals surface area contributed by atoms with Crippen LogP contribution in [-0.4, -0.2) is 193 Å². The molecule has 0 saturated carbocycles. The van der Waals surface area contributed by atoms with Gasteiger partial charge >= 0.3 is 0 Å². The molecule has 3 rings (SSSR count). The normalized spacial score (nSPS) is 30.1. The lowest BCUT2D eigenvalue weighted by Crippen LogP contribution is -2.66. The second-order valence-corrected chi connectivity index (χ2v) is 22.5. The van der Waals surface area contributed by atoms with Gasteiger partial charge in [-0.25, -0.2) is 0 Å². The molecule has 19 nitrogen and oxygen atoms in total. The zero-order chi connectivity index (χ0) is 59.0. The highest BCUT2D eigenvalue weighted by Crippen LogP contribution is 2.33. The molecule has 0 aromatic heterocycles. The summed E-state index contributed by atoms with van der Waals surface area (Å²) in [7, 11) is 0. The molecule has 0 bridgehead atoms. The summed E-state index contributed by atoms with van der Waals surface area (Å²) >= 11 is 0. The monoisotopic (exact) mass is 1160 g/mol. The minimum Gasteiger partial charge on any atom is -0.394 e. The zero-order valence-corrected chi connectivity index (χ0v) is 49.3. The molecule has 0 aromatic carbocycles. The van der Waals surface area contributed by atoms with Crippen molar-refractivity contribution < 1.29 is 89.4 Å². The van der Waals surface area contributed by atoms with Crippen LogP contribution in [0.1, 0.15) is 206 Å². The number of aliphatic hydroxyl groups excluding tert-OH is 11. The molecule has 3 aliphatic rings. The second kappa shape index (κ2) is 45.1. The van der Waals surface area contributed by atoms with Crippen molar-refractivity contribution in [3.05, 3.63) is 48.6 Å². The average molecular weight is 1160 g/mol. The van der Waals surface area contributed by atoms with E-state index in [4.69, 9.17) is 28.4 Å². The number of hydrogen-bond donors (Lipinski definition) is 12. The van der Waals surface area contributed by atoms with Gasteiger partial charge in [-0.3, -0.25) is 4.79 Å². The van der Waals surface area contributed by atoms with E-state index in [0.29, 0.717) is 12.8 Å². The molecule has 17 atom stereocenters. The molecular weight excluding hydrogens is 1050 g/mol. The molecule has 0 radical (unpaired) electrons. The molecule has 3 saturated heterocycles. The topological polar surface area (TPSA) is 307 Å². The molecule has 17 unspecified atom stereocenters. The van der Waals surface area contributed by atoms with Crippen molar-refractivity contribution >= 4 is 5.91 Å². The number of ether oxygens (including phenoxy) is 6. The summed E-state index contributed by atoms with van der Waals surface area (Å²) in [4.78, 5) is 13.3. The highest BCUT2D eigenvalue weighted by atomic mass is 16.8. The predicted molar refractivity (Wildman–Crippen MR) is 309 cm³/mol. The summed E-state index contributed by atoms with van der Waals surface area (Å²) in [6, 6.07) is -0.994. The van der Waals surface area contributed by atoms with Crippen molar-refractivity contribution in [2.45, 2.75) is 311 Å². The minimum atomic E-state index is -1.98. The molecule has 12 N–H and O–H groups in total. The molecule has 19 heteroatoms. The molecule has 3 aliphatic heterocycles. The van der Waals surface area contributed by atoms with Gasteiger partial charge in [-0.1, -0.05) is 184 Å². The number of unbranched alkanes of at least 4 members (excludes halogenated alkanes) is 24. The fraction of sp³-hybridized carbons (Fsp3) is 0.855. The third-order valence-corrected chi connectivity index (χ3v) is 15.6. The average Bonchev–Trinajstić information content (AvgIpc) is 3.51. The highest BCUT2D eigenvalue weighted by Gasteiger charge is 2.53. The van der Waals surface area contributed by atoms with E-state index in [1.54, 1.807) is 6.08 Å². The third-order valence-electron chi connectivity index (χ3n) is 15.6. The molecule has 1 amide bonds. The minimum absolute atomic E-state index is 0.226. The summed E-state index contributed by atoms with van der Waals surface area (Å²) in [5.41, 5.74) is 0. The summed E-state index contributed by atoms with van der Waals surface area (Å²) in [5, 5.41) is 120. The van der Waals surface area contributed by atoms with Crippen LogP contribution >= 0.6 is 0 Å². The van der Waals surface area contributed by atoms with Gasteiger partial charge < -0.3 is 89.9 Å². The first-order valence-electron chi connectivity index (χ1n) is 31.4. The van der Waals surface area contributed by atoms with Gasteiger partial charge in [0.15, 0.2) is 18.9 Å². The molecule has 0 spiro atoms. The van der Waals surface area contributed by atoms with Crippen molar-refractivity contribution in [3.8, 4) is 0 Å². The van der Waals surface area contributed by atoms with Crippen molar-refractivity contribution in [1.82, 2.24) is 5.32 Å². The fourth-order valence-electron chi connectivity index (χ4n) is 10.4. The first-order chi connectivity index (χ1) is 39.3. The van der Waals surface area contributed by atoms with E-state index >= 15 is 0 Å². The van der Waals surface area contributed by atoms with Gasteiger partial charge in [0.1, 0.15) is 73.2 Å². The summed E-state index contributed by atoms with van der Waals surface area (Å²) in [5.74, 6) is -0.294. The molecule has 0 aromatic rings. The number of nitrogens with one attached hydrogen (secondary N) is 1. The number of hydrogen-bond acceptors (Lipinski definition) is 18. The molecule has 472 valence electrons. The highest BCUT2D eigenvalue weighted by molar-refractivity contribution is 5.76. The smallest absolute Gasteiger partial charge is 0.220 e. The van der Waals surface area contributed by atoms with Gasteiger partial charge in [0, 0.05) is 6.42 Å². The Balaban J connectivity index is 1.51. The predicted octanol–water partition coefficient (Wildman–Crippen LogP) is 6.26. The second-order valence-electron chi connectivity index (χ2n) is 22.5. The van der Waals surface area contributed by atoms with E-state index < -0.39 is 124 Å². The van der Waals surface area contributed by atoms with Crippen LogP contribution in [-0.2, 0) is 33.2 Å². The number of aliphatic hydroxyl groups is 11. The summed E-state index contributed by atoms with van der Waals surface area (Å²) in [6.07, 6.45) is 23.7. The standard InChI is InChI=1S/C62H111NO18/c1-3-5-7-9-11-13-15-17-19-21-23-25-27-29-31-33-35-37-39-46(67)45(63-50(68)40-38-36-34-32-30-28-26-24-22-20-18-16-14-12-10-8-6-4-2)44-76-60-56(74)53(71)58(48(42-65)78-60)81-62-57(75)54(72)59(49(43-66)79-62)80-61-55(73)52(70)51(69)47(41-64)77-61/h14,16,20,22,29,31,37,39,45-49,51-62,64-67,69-75H,3-13,15,17-19,21,23-28,30,32-36,38,40-44H2,1-2H3,(H,63,68)/b16-14-,22-20-,31-29+,39-37+. The van der Waals surface area contributed by atoms with Crippen molar-refractivity contribution in [1.29, 1.82) is 0 Å². The Kier molecular flexibility index (Phi) is 40.7. The van der Waals surface area contributed by atoms with E-state index in [0.717, 1.165) is 77.0 Å². The first kappa shape index (κ1) is 73.0. The number of carbonyl (C=O) groups excluding carboxylic acids is 1. The Morgan fingerprint density at radius 2 is 0.827 bits per heavy atom. The Hall–Kier alpha value is -2.25. The quantitative estimate of drug-likeness (QED) is 0.0236. The van der Waals surface area contributed by atoms with Crippen LogP contribution < -0.4 is 5.32 Å².